The highest BCUT2D eigenvalue weighted by Gasteiger charge is 2.39. The number of hydrogen-bond donors (Lipinski definition) is 1. The van der Waals surface area contributed by atoms with Crippen LogP contribution in [0.3, 0.4) is 0 Å². The number of sulfonamides is 1. The number of aryl methyl sites for hydroxylation is 1. The predicted octanol–water partition coefficient (Wildman–Crippen LogP) is 0.827. The van der Waals surface area contributed by atoms with E-state index in [1.165, 1.54) is 6.92 Å². The molecule has 1 aliphatic rings. The highest BCUT2D eigenvalue weighted by molar-refractivity contribution is 7.89. The summed E-state index contributed by atoms with van der Waals surface area (Å²) in [6.07, 6.45) is 6.49. The zero-order valence-electron chi connectivity index (χ0n) is 17.3. The van der Waals surface area contributed by atoms with Crippen LogP contribution in [0.15, 0.2) is 30.9 Å². The number of methoxy groups -OCH3 is 1. The molecule has 4 rings (SSSR count). The molecule has 3 aromatic rings. The standard InChI is InChI=1S/C19H23N7O4S/c1-11-6-22-17(23-7-11)16(12(2)31(20,27)28)19-25-24-18-14-4-5-21-8-15(14)30-10-13(9-29-3)26(18)19/h4-8,12-13,16H,9-10H2,1-3H3,(H2,20,27,28)/t12?,13-,16?/m0/s1. The molecule has 1 aliphatic heterocycles. The number of pyridine rings is 1. The van der Waals surface area contributed by atoms with Gasteiger partial charge < -0.3 is 14.0 Å². The van der Waals surface area contributed by atoms with E-state index in [0.717, 1.165) is 5.56 Å². The van der Waals surface area contributed by atoms with Crippen LogP contribution >= 0.6 is 0 Å². The highest BCUT2D eigenvalue weighted by Crippen LogP contribution is 2.37. The molecule has 3 aromatic heterocycles. The van der Waals surface area contributed by atoms with Crippen LogP contribution in [-0.2, 0) is 14.8 Å². The van der Waals surface area contributed by atoms with Gasteiger partial charge in [0.25, 0.3) is 0 Å². The van der Waals surface area contributed by atoms with Gasteiger partial charge in [-0.15, -0.1) is 10.2 Å². The first-order valence-electron chi connectivity index (χ1n) is 9.62. The van der Waals surface area contributed by atoms with Crippen LogP contribution in [0.4, 0.5) is 0 Å². The van der Waals surface area contributed by atoms with Crippen molar-refractivity contribution < 1.29 is 17.9 Å². The molecule has 3 atom stereocenters. The number of ether oxygens (including phenoxy) is 2. The minimum atomic E-state index is -3.95. The predicted molar refractivity (Wildman–Crippen MR) is 111 cm³/mol. The average molecular weight is 446 g/mol. The molecule has 0 saturated heterocycles. The van der Waals surface area contributed by atoms with Crippen molar-refractivity contribution in [3.8, 4) is 17.1 Å². The number of fused-ring (bicyclic) bond motifs is 3. The van der Waals surface area contributed by atoms with Gasteiger partial charge in [-0.25, -0.2) is 23.5 Å². The number of hydrogen-bond acceptors (Lipinski definition) is 9. The maximum atomic E-state index is 12.4. The number of primary sulfonamides is 1. The van der Waals surface area contributed by atoms with E-state index in [9.17, 15) is 8.42 Å². The molecule has 12 heteroatoms. The Bertz CT molecular complexity index is 1180. The second kappa shape index (κ2) is 8.29. The van der Waals surface area contributed by atoms with Gasteiger partial charge in [0.15, 0.2) is 5.82 Å². The zero-order valence-corrected chi connectivity index (χ0v) is 18.2. The zero-order chi connectivity index (χ0) is 22.2. The summed E-state index contributed by atoms with van der Waals surface area (Å²) in [5, 5.41) is 13.2. The van der Waals surface area contributed by atoms with Crippen LogP contribution in [0.1, 0.15) is 36.1 Å². The van der Waals surface area contributed by atoms with E-state index in [-0.39, 0.29) is 12.6 Å². The molecule has 0 bridgehead atoms. The Labute approximate surface area is 179 Å². The van der Waals surface area contributed by atoms with Gasteiger partial charge >= 0.3 is 0 Å². The minimum absolute atomic E-state index is 0.260. The third kappa shape index (κ3) is 4.01. The third-order valence-corrected chi connectivity index (χ3v) is 6.56. The summed E-state index contributed by atoms with van der Waals surface area (Å²) in [5.74, 6) is 0.892. The fraction of sp³-hybridized carbons (Fsp3) is 0.421. The summed E-state index contributed by atoms with van der Waals surface area (Å²) in [6, 6.07) is 1.45. The Kier molecular flexibility index (Phi) is 5.69. The van der Waals surface area contributed by atoms with E-state index in [1.807, 2.05) is 11.5 Å². The Hall–Kier alpha value is -2.96. The second-order valence-corrected chi connectivity index (χ2v) is 9.36. The van der Waals surface area contributed by atoms with E-state index in [2.05, 4.69) is 25.1 Å². The first kappa shape index (κ1) is 21.3. The van der Waals surface area contributed by atoms with Crippen LogP contribution in [0.25, 0.3) is 11.4 Å². The maximum Gasteiger partial charge on any atom is 0.212 e. The van der Waals surface area contributed by atoms with Gasteiger partial charge in [-0.3, -0.25) is 4.98 Å². The van der Waals surface area contributed by atoms with Gasteiger partial charge in [-0.1, -0.05) is 0 Å². The first-order chi connectivity index (χ1) is 14.8. The third-order valence-electron chi connectivity index (χ3n) is 5.25. The fourth-order valence-corrected chi connectivity index (χ4v) is 4.23. The Morgan fingerprint density at radius 2 is 2.03 bits per heavy atom. The van der Waals surface area contributed by atoms with Crippen molar-refractivity contribution in [3.05, 3.63) is 48.1 Å². The summed E-state index contributed by atoms with van der Waals surface area (Å²) in [4.78, 5) is 12.9. The molecule has 164 valence electrons. The van der Waals surface area contributed by atoms with E-state index in [1.54, 1.807) is 38.0 Å². The summed E-state index contributed by atoms with van der Waals surface area (Å²) in [5.41, 5.74) is 1.54. The van der Waals surface area contributed by atoms with Gasteiger partial charge in [-0.05, 0) is 25.5 Å². The van der Waals surface area contributed by atoms with Gasteiger partial charge in [-0.2, -0.15) is 0 Å². The van der Waals surface area contributed by atoms with Crippen molar-refractivity contribution in [2.75, 3.05) is 20.3 Å². The van der Waals surface area contributed by atoms with Crippen molar-refractivity contribution in [1.82, 2.24) is 29.7 Å². The lowest BCUT2D eigenvalue weighted by Crippen LogP contribution is -2.35. The lowest BCUT2D eigenvalue weighted by molar-refractivity contribution is 0.123. The molecular formula is C19H23N7O4S. The molecule has 0 spiro atoms. The summed E-state index contributed by atoms with van der Waals surface area (Å²) in [6.45, 7) is 3.92. The molecule has 0 saturated carbocycles. The van der Waals surface area contributed by atoms with Gasteiger partial charge in [0, 0.05) is 25.7 Å². The van der Waals surface area contributed by atoms with Crippen molar-refractivity contribution in [1.29, 1.82) is 0 Å². The van der Waals surface area contributed by atoms with Gasteiger partial charge in [0.05, 0.1) is 35.6 Å². The highest BCUT2D eigenvalue weighted by atomic mass is 32.2. The van der Waals surface area contributed by atoms with Crippen molar-refractivity contribution in [3.63, 3.8) is 0 Å². The number of rotatable bonds is 6. The minimum Gasteiger partial charge on any atom is -0.489 e. The van der Waals surface area contributed by atoms with Gasteiger partial charge in [0.1, 0.15) is 24.0 Å². The molecule has 0 amide bonds. The van der Waals surface area contributed by atoms with Crippen molar-refractivity contribution in [2.45, 2.75) is 31.1 Å². The molecule has 11 nitrogen and oxygen atoms in total. The summed E-state index contributed by atoms with van der Waals surface area (Å²) in [7, 11) is -2.37. The SMILES string of the molecule is COC[C@H]1COc2cnccc2-c2nnc(C(c3ncc(C)cn3)C(C)S(N)(=O)=O)n21. The van der Waals surface area contributed by atoms with E-state index in [0.29, 0.717) is 35.4 Å². The van der Waals surface area contributed by atoms with Crippen LogP contribution in [0.5, 0.6) is 5.75 Å². The van der Waals surface area contributed by atoms with E-state index >= 15 is 0 Å². The molecule has 2 N–H and O–H groups in total. The number of nitrogens with two attached hydrogens (primary N) is 1. The van der Waals surface area contributed by atoms with Crippen LogP contribution in [-0.4, -0.2) is 63.7 Å². The smallest absolute Gasteiger partial charge is 0.212 e. The first-order valence-corrected chi connectivity index (χ1v) is 11.2. The Morgan fingerprint density at radius 3 is 2.71 bits per heavy atom. The number of aromatic nitrogens is 6. The second-order valence-electron chi connectivity index (χ2n) is 7.43. The molecule has 2 unspecified atom stereocenters. The van der Waals surface area contributed by atoms with Gasteiger partial charge in [0.2, 0.25) is 10.0 Å². The Balaban J connectivity index is 1.95. The fourth-order valence-electron chi connectivity index (χ4n) is 3.60. The molecule has 31 heavy (non-hydrogen) atoms. The lowest BCUT2D eigenvalue weighted by atomic mass is 10.0. The molecule has 0 fully saturated rings. The summed E-state index contributed by atoms with van der Waals surface area (Å²) >= 11 is 0. The largest absolute Gasteiger partial charge is 0.489 e. The van der Waals surface area contributed by atoms with Crippen molar-refractivity contribution >= 4 is 10.0 Å². The maximum absolute atomic E-state index is 12.4. The summed E-state index contributed by atoms with van der Waals surface area (Å²) < 4.78 is 37.9. The van der Waals surface area contributed by atoms with Crippen LogP contribution < -0.4 is 9.88 Å². The van der Waals surface area contributed by atoms with Crippen LogP contribution in [0.2, 0.25) is 0 Å². The quantitative estimate of drug-likeness (QED) is 0.582. The molecule has 0 aliphatic carbocycles. The van der Waals surface area contributed by atoms with Crippen molar-refractivity contribution in [2.24, 2.45) is 5.14 Å². The molecular weight excluding hydrogens is 422 g/mol. The van der Waals surface area contributed by atoms with E-state index < -0.39 is 21.2 Å². The lowest BCUT2D eigenvalue weighted by Gasteiger charge is -2.25. The normalized spacial score (nSPS) is 17.7. The number of nitrogens with zero attached hydrogens (tertiary/aromatic N) is 6. The topological polar surface area (TPSA) is 148 Å². The molecule has 0 radical (unpaired) electrons. The Morgan fingerprint density at radius 1 is 1.29 bits per heavy atom. The average Bonchev–Trinajstić information content (AvgIpc) is 3.09. The molecule has 4 heterocycles. The van der Waals surface area contributed by atoms with Crippen LogP contribution in [0, 0.1) is 6.92 Å². The monoisotopic (exact) mass is 445 g/mol. The van der Waals surface area contributed by atoms with E-state index in [4.69, 9.17) is 14.6 Å². The molecule has 0 aromatic carbocycles.